The van der Waals surface area contributed by atoms with Crippen molar-refractivity contribution in [3.05, 3.63) is 52.3 Å². The SMILES string of the molecule is CC(C)NC(=O)c1ccn(COc2ccccc2[N+](=O)[O-])n1. The van der Waals surface area contributed by atoms with Crippen LogP contribution in [-0.2, 0) is 6.73 Å². The van der Waals surface area contributed by atoms with Gasteiger partial charge >= 0.3 is 5.69 Å². The number of amides is 1. The molecule has 116 valence electrons. The normalized spacial score (nSPS) is 10.5. The summed E-state index contributed by atoms with van der Waals surface area (Å²) < 4.78 is 6.78. The third-order valence-electron chi connectivity index (χ3n) is 2.71. The zero-order valence-electron chi connectivity index (χ0n) is 12.2. The number of carbonyl (C=O) groups is 1. The molecule has 0 saturated heterocycles. The molecule has 1 aromatic heterocycles. The van der Waals surface area contributed by atoms with Crippen LogP contribution in [0.1, 0.15) is 24.3 Å². The van der Waals surface area contributed by atoms with Crippen LogP contribution in [0.4, 0.5) is 5.69 Å². The van der Waals surface area contributed by atoms with Gasteiger partial charge < -0.3 is 10.1 Å². The minimum atomic E-state index is -0.514. The summed E-state index contributed by atoms with van der Waals surface area (Å²) in [6.45, 7) is 3.68. The van der Waals surface area contributed by atoms with Crippen molar-refractivity contribution in [1.29, 1.82) is 0 Å². The molecule has 0 atom stereocenters. The molecule has 8 nitrogen and oxygen atoms in total. The number of nitrogens with zero attached hydrogens (tertiary/aromatic N) is 3. The highest BCUT2D eigenvalue weighted by Crippen LogP contribution is 2.25. The van der Waals surface area contributed by atoms with Crippen molar-refractivity contribution in [2.24, 2.45) is 0 Å². The van der Waals surface area contributed by atoms with Gasteiger partial charge in [0.1, 0.15) is 5.69 Å². The topological polar surface area (TPSA) is 99.3 Å². The molecule has 1 N–H and O–H groups in total. The van der Waals surface area contributed by atoms with Crippen LogP contribution in [0.25, 0.3) is 0 Å². The number of hydrogen-bond donors (Lipinski definition) is 1. The molecular weight excluding hydrogens is 288 g/mol. The number of nitro groups is 1. The number of rotatable bonds is 6. The van der Waals surface area contributed by atoms with E-state index in [9.17, 15) is 14.9 Å². The average Bonchev–Trinajstić information content (AvgIpc) is 2.93. The lowest BCUT2D eigenvalue weighted by molar-refractivity contribution is -0.386. The monoisotopic (exact) mass is 304 g/mol. The molecule has 0 aliphatic carbocycles. The molecule has 0 spiro atoms. The fraction of sp³-hybridized carbons (Fsp3) is 0.286. The van der Waals surface area contributed by atoms with E-state index < -0.39 is 4.92 Å². The number of para-hydroxylation sites is 2. The zero-order valence-corrected chi connectivity index (χ0v) is 12.2. The van der Waals surface area contributed by atoms with Crippen LogP contribution >= 0.6 is 0 Å². The van der Waals surface area contributed by atoms with Gasteiger partial charge in [-0.3, -0.25) is 14.9 Å². The predicted octanol–water partition coefficient (Wildman–Crippen LogP) is 1.97. The van der Waals surface area contributed by atoms with Gasteiger partial charge in [-0.15, -0.1) is 0 Å². The van der Waals surface area contributed by atoms with Crippen LogP contribution in [0.2, 0.25) is 0 Å². The first-order chi connectivity index (χ1) is 10.5. The van der Waals surface area contributed by atoms with E-state index in [-0.39, 0.29) is 35.8 Å². The first kappa shape index (κ1) is 15.5. The average molecular weight is 304 g/mol. The maximum absolute atomic E-state index is 11.8. The molecule has 2 aromatic rings. The van der Waals surface area contributed by atoms with Gasteiger partial charge in [0.05, 0.1) is 4.92 Å². The lowest BCUT2D eigenvalue weighted by Gasteiger charge is -2.07. The summed E-state index contributed by atoms with van der Waals surface area (Å²) in [5.74, 6) is -0.129. The minimum absolute atomic E-state index is 0.0147. The standard InChI is InChI=1S/C14H16N4O4/c1-10(2)15-14(19)11-7-8-17(16-11)9-22-13-6-4-3-5-12(13)18(20)21/h3-8,10H,9H2,1-2H3,(H,15,19). The summed E-state index contributed by atoms with van der Waals surface area (Å²) in [6.07, 6.45) is 1.57. The van der Waals surface area contributed by atoms with Crippen LogP contribution in [0.5, 0.6) is 5.75 Å². The van der Waals surface area contributed by atoms with Crippen molar-refractivity contribution in [2.75, 3.05) is 0 Å². The Morgan fingerprint density at radius 1 is 1.41 bits per heavy atom. The molecule has 8 heteroatoms. The number of nitrogens with one attached hydrogen (secondary N) is 1. The summed E-state index contributed by atoms with van der Waals surface area (Å²) >= 11 is 0. The minimum Gasteiger partial charge on any atom is -0.464 e. The first-order valence-electron chi connectivity index (χ1n) is 6.68. The van der Waals surface area contributed by atoms with Gasteiger partial charge in [-0.2, -0.15) is 5.10 Å². The van der Waals surface area contributed by atoms with Crippen LogP contribution in [0.15, 0.2) is 36.5 Å². The molecule has 0 unspecified atom stereocenters. The van der Waals surface area contributed by atoms with E-state index in [1.165, 1.54) is 16.8 Å². The molecular formula is C14H16N4O4. The molecule has 2 rings (SSSR count). The van der Waals surface area contributed by atoms with Crippen LogP contribution in [0.3, 0.4) is 0 Å². The number of nitro benzene ring substituents is 1. The number of aromatic nitrogens is 2. The van der Waals surface area contributed by atoms with E-state index in [1.807, 2.05) is 13.8 Å². The number of ether oxygens (including phenoxy) is 1. The Balaban J connectivity index is 2.03. The van der Waals surface area contributed by atoms with Crippen LogP contribution < -0.4 is 10.1 Å². The van der Waals surface area contributed by atoms with Crippen LogP contribution in [0, 0.1) is 10.1 Å². The van der Waals surface area contributed by atoms with Gasteiger partial charge in [0, 0.05) is 18.3 Å². The number of benzene rings is 1. The van der Waals surface area contributed by atoms with Gasteiger partial charge in [-0.25, -0.2) is 4.68 Å². The lowest BCUT2D eigenvalue weighted by Crippen LogP contribution is -2.30. The van der Waals surface area contributed by atoms with E-state index in [0.29, 0.717) is 0 Å². The molecule has 22 heavy (non-hydrogen) atoms. The van der Waals surface area contributed by atoms with Crippen LogP contribution in [-0.4, -0.2) is 26.7 Å². The Hall–Kier alpha value is -2.90. The van der Waals surface area contributed by atoms with Crippen molar-refractivity contribution in [1.82, 2.24) is 15.1 Å². The van der Waals surface area contributed by atoms with Gasteiger partial charge in [0.25, 0.3) is 5.91 Å². The maximum Gasteiger partial charge on any atom is 0.311 e. The number of carbonyl (C=O) groups excluding carboxylic acids is 1. The van der Waals surface area contributed by atoms with E-state index >= 15 is 0 Å². The van der Waals surface area contributed by atoms with Gasteiger partial charge in [0.2, 0.25) is 0 Å². The van der Waals surface area contributed by atoms with Gasteiger partial charge in [0.15, 0.2) is 12.5 Å². The van der Waals surface area contributed by atoms with E-state index in [4.69, 9.17) is 4.74 Å². The molecule has 1 amide bonds. The highest BCUT2D eigenvalue weighted by molar-refractivity contribution is 5.92. The smallest absolute Gasteiger partial charge is 0.311 e. The largest absolute Gasteiger partial charge is 0.464 e. The second kappa shape index (κ2) is 6.70. The second-order valence-corrected chi connectivity index (χ2v) is 4.87. The molecule has 0 aliphatic heterocycles. The molecule has 0 radical (unpaired) electrons. The molecule has 0 fully saturated rings. The van der Waals surface area contributed by atoms with Crippen molar-refractivity contribution in [2.45, 2.75) is 26.6 Å². The highest BCUT2D eigenvalue weighted by Gasteiger charge is 2.14. The van der Waals surface area contributed by atoms with Gasteiger partial charge in [-0.05, 0) is 26.0 Å². The Morgan fingerprint density at radius 2 is 2.14 bits per heavy atom. The number of hydrogen-bond acceptors (Lipinski definition) is 5. The lowest BCUT2D eigenvalue weighted by atomic mass is 10.3. The predicted molar refractivity (Wildman–Crippen MR) is 78.6 cm³/mol. The molecule has 0 saturated carbocycles. The quantitative estimate of drug-likeness (QED) is 0.649. The summed E-state index contributed by atoms with van der Waals surface area (Å²) in [4.78, 5) is 22.1. The Kier molecular flexibility index (Phi) is 4.72. The third kappa shape index (κ3) is 3.81. The zero-order chi connectivity index (χ0) is 16.1. The van der Waals surface area contributed by atoms with Crippen molar-refractivity contribution in [3.63, 3.8) is 0 Å². The second-order valence-electron chi connectivity index (χ2n) is 4.87. The van der Waals surface area contributed by atoms with Crippen molar-refractivity contribution in [3.8, 4) is 5.75 Å². The first-order valence-corrected chi connectivity index (χ1v) is 6.68. The Morgan fingerprint density at radius 3 is 2.82 bits per heavy atom. The molecule has 1 heterocycles. The van der Waals surface area contributed by atoms with E-state index in [0.717, 1.165) is 0 Å². The maximum atomic E-state index is 11.8. The fourth-order valence-electron chi connectivity index (χ4n) is 1.76. The molecule has 1 aromatic carbocycles. The summed E-state index contributed by atoms with van der Waals surface area (Å²) in [5.41, 5.74) is 0.146. The summed E-state index contributed by atoms with van der Waals surface area (Å²) in [6, 6.07) is 7.65. The third-order valence-corrected chi connectivity index (χ3v) is 2.71. The van der Waals surface area contributed by atoms with E-state index in [1.54, 1.807) is 24.4 Å². The fourth-order valence-corrected chi connectivity index (χ4v) is 1.76. The van der Waals surface area contributed by atoms with Crippen molar-refractivity contribution < 1.29 is 14.5 Å². The molecule has 0 aliphatic rings. The Labute approximate surface area is 126 Å². The highest BCUT2D eigenvalue weighted by atomic mass is 16.6. The summed E-state index contributed by atoms with van der Waals surface area (Å²) in [5, 5.41) is 17.7. The molecule has 0 bridgehead atoms. The van der Waals surface area contributed by atoms with E-state index in [2.05, 4.69) is 10.4 Å². The Bertz CT molecular complexity index is 681. The van der Waals surface area contributed by atoms with Crippen molar-refractivity contribution >= 4 is 11.6 Å². The summed E-state index contributed by atoms with van der Waals surface area (Å²) in [7, 11) is 0. The van der Waals surface area contributed by atoms with Gasteiger partial charge in [-0.1, -0.05) is 12.1 Å².